The summed E-state index contributed by atoms with van der Waals surface area (Å²) >= 11 is 7.73. The minimum absolute atomic E-state index is 0.159. The molecule has 4 nitrogen and oxygen atoms in total. The van der Waals surface area contributed by atoms with Gasteiger partial charge in [0.2, 0.25) is 5.28 Å². The van der Waals surface area contributed by atoms with E-state index in [1.54, 1.807) is 17.4 Å². The summed E-state index contributed by atoms with van der Waals surface area (Å²) in [5.41, 5.74) is 3.80. The number of hydrogen-bond acceptors (Lipinski definition) is 5. The Kier molecular flexibility index (Phi) is 4.26. The van der Waals surface area contributed by atoms with E-state index in [2.05, 4.69) is 34.3 Å². The van der Waals surface area contributed by atoms with Crippen LogP contribution in [0.25, 0.3) is 21.3 Å². The first-order chi connectivity index (χ1) is 12.5. The summed E-state index contributed by atoms with van der Waals surface area (Å²) < 4.78 is 0. The van der Waals surface area contributed by atoms with Gasteiger partial charge in [-0.25, -0.2) is 4.98 Å². The normalized spacial score (nSPS) is 11.0. The van der Waals surface area contributed by atoms with Gasteiger partial charge in [-0.1, -0.05) is 36.4 Å². The highest BCUT2D eigenvalue weighted by Crippen LogP contribution is 2.42. The third kappa shape index (κ3) is 3.00. The first-order valence-corrected chi connectivity index (χ1v) is 9.31. The number of aromatic nitrogens is 2. The second-order valence-corrected chi connectivity index (χ2v) is 7.61. The van der Waals surface area contributed by atoms with Gasteiger partial charge in [0.05, 0.1) is 11.1 Å². The summed E-state index contributed by atoms with van der Waals surface area (Å²) in [6, 6.07) is 15.5. The van der Waals surface area contributed by atoms with Crippen molar-refractivity contribution < 1.29 is 5.11 Å². The van der Waals surface area contributed by atoms with Crippen molar-refractivity contribution in [3.05, 3.63) is 64.3 Å². The second kappa shape index (κ2) is 6.59. The maximum Gasteiger partial charge on any atom is 0.225 e. The molecule has 0 saturated heterocycles. The topological polar surface area (TPSA) is 58.0 Å². The van der Waals surface area contributed by atoms with E-state index in [1.165, 1.54) is 0 Å². The molecule has 2 heterocycles. The lowest BCUT2D eigenvalue weighted by atomic mass is 10.0. The highest BCUT2D eigenvalue weighted by molar-refractivity contribution is 7.19. The van der Waals surface area contributed by atoms with Crippen LogP contribution < -0.4 is 5.32 Å². The lowest BCUT2D eigenvalue weighted by molar-refractivity contribution is 0.477. The molecule has 2 N–H and O–H groups in total. The number of thiophene rings is 1. The fourth-order valence-electron chi connectivity index (χ4n) is 3.01. The molecule has 0 aliphatic rings. The summed E-state index contributed by atoms with van der Waals surface area (Å²) in [6.07, 6.45) is 0. The molecule has 0 fully saturated rings. The molecule has 4 rings (SSSR count). The molecule has 0 spiro atoms. The Morgan fingerprint density at radius 1 is 1.04 bits per heavy atom. The Labute approximate surface area is 160 Å². The number of nitrogens with zero attached hydrogens (tertiary/aromatic N) is 2. The standard InChI is InChI=1S/C20H16ClN3OS/c1-11-8-9-15(25)14(10-11)22-18-17-16(13-6-4-3-5-7-13)12(2)26-19(17)24-20(21)23-18/h3-10,25H,1-2H3,(H,22,23,24). The Morgan fingerprint density at radius 3 is 2.58 bits per heavy atom. The molecule has 0 unspecified atom stereocenters. The van der Waals surface area contributed by atoms with Crippen LogP contribution in [-0.4, -0.2) is 15.1 Å². The molecule has 0 aliphatic carbocycles. The molecular formula is C20H16ClN3OS. The van der Waals surface area contributed by atoms with E-state index in [4.69, 9.17) is 11.6 Å². The second-order valence-electron chi connectivity index (χ2n) is 6.07. The minimum Gasteiger partial charge on any atom is -0.506 e. The first kappa shape index (κ1) is 16.8. The van der Waals surface area contributed by atoms with Gasteiger partial charge in [0.15, 0.2) is 0 Å². The zero-order valence-corrected chi connectivity index (χ0v) is 15.8. The van der Waals surface area contributed by atoms with Crippen molar-refractivity contribution in [1.29, 1.82) is 0 Å². The van der Waals surface area contributed by atoms with Crippen LogP contribution in [0, 0.1) is 13.8 Å². The number of nitrogens with one attached hydrogen (secondary N) is 1. The number of halogens is 1. The number of benzene rings is 2. The summed E-state index contributed by atoms with van der Waals surface area (Å²) in [5, 5.41) is 14.5. The van der Waals surface area contributed by atoms with Gasteiger partial charge in [-0.15, -0.1) is 11.3 Å². The number of aryl methyl sites for hydroxylation is 2. The van der Waals surface area contributed by atoms with E-state index < -0.39 is 0 Å². The zero-order valence-electron chi connectivity index (χ0n) is 14.2. The largest absolute Gasteiger partial charge is 0.506 e. The van der Waals surface area contributed by atoms with Crippen molar-refractivity contribution in [2.75, 3.05) is 5.32 Å². The van der Waals surface area contributed by atoms with E-state index in [-0.39, 0.29) is 11.0 Å². The van der Waals surface area contributed by atoms with Gasteiger partial charge in [0.1, 0.15) is 16.4 Å². The van der Waals surface area contributed by atoms with E-state index >= 15 is 0 Å². The van der Waals surface area contributed by atoms with Crippen LogP contribution in [0.3, 0.4) is 0 Å². The van der Waals surface area contributed by atoms with Crippen LogP contribution in [0.15, 0.2) is 48.5 Å². The van der Waals surface area contributed by atoms with Crippen molar-refractivity contribution in [3.8, 4) is 16.9 Å². The summed E-state index contributed by atoms with van der Waals surface area (Å²) in [7, 11) is 0. The number of rotatable bonds is 3. The minimum atomic E-state index is 0.159. The van der Waals surface area contributed by atoms with Crippen LogP contribution in [0.5, 0.6) is 5.75 Å². The van der Waals surface area contributed by atoms with Crippen molar-refractivity contribution in [2.45, 2.75) is 13.8 Å². The number of hydrogen-bond donors (Lipinski definition) is 2. The van der Waals surface area contributed by atoms with Crippen LogP contribution in [0.1, 0.15) is 10.4 Å². The number of fused-ring (bicyclic) bond motifs is 1. The molecule has 0 radical (unpaired) electrons. The summed E-state index contributed by atoms with van der Waals surface area (Å²) in [4.78, 5) is 10.8. The predicted molar refractivity (Wildman–Crippen MR) is 109 cm³/mol. The quantitative estimate of drug-likeness (QED) is 0.333. The van der Waals surface area contributed by atoms with Crippen LogP contribution in [0.4, 0.5) is 11.5 Å². The number of phenolic OH excluding ortho intramolecular Hbond substituents is 1. The Morgan fingerprint density at radius 2 is 1.81 bits per heavy atom. The van der Waals surface area contributed by atoms with E-state index in [1.807, 2.05) is 37.3 Å². The van der Waals surface area contributed by atoms with E-state index in [0.29, 0.717) is 11.5 Å². The molecular weight excluding hydrogens is 366 g/mol. The first-order valence-electron chi connectivity index (χ1n) is 8.11. The number of anilines is 2. The maximum absolute atomic E-state index is 10.2. The number of phenols is 1. The number of aromatic hydroxyl groups is 1. The Hall–Kier alpha value is -2.63. The average Bonchev–Trinajstić information content (AvgIpc) is 2.94. The fourth-order valence-corrected chi connectivity index (χ4v) is 4.27. The van der Waals surface area contributed by atoms with Gasteiger partial charge in [-0.2, -0.15) is 4.98 Å². The molecule has 0 bridgehead atoms. The smallest absolute Gasteiger partial charge is 0.225 e. The fraction of sp³-hybridized carbons (Fsp3) is 0.100. The molecule has 6 heteroatoms. The van der Waals surface area contributed by atoms with Gasteiger partial charge in [0, 0.05) is 10.4 Å². The van der Waals surface area contributed by atoms with Crippen LogP contribution in [-0.2, 0) is 0 Å². The lowest BCUT2D eigenvalue weighted by Crippen LogP contribution is -1.97. The van der Waals surface area contributed by atoms with Gasteiger partial charge < -0.3 is 10.4 Å². The van der Waals surface area contributed by atoms with Gasteiger partial charge in [0.25, 0.3) is 0 Å². The Balaban J connectivity index is 1.95. The van der Waals surface area contributed by atoms with Crippen LogP contribution >= 0.6 is 22.9 Å². The molecule has 2 aromatic carbocycles. The third-order valence-corrected chi connectivity index (χ3v) is 5.34. The van der Waals surface area contributed by atoms with Gasteiger partial charge in [-0.05, 0) is 48.7 Å². The molecule has 130 valence electrons. The summed E-state index contributed by atoms with van der Waals surface area (Å²) in [5.74, 6) is 0.746. The molecule has 0 saturated carbocycles. The van der Waals surface area contributed by atoms with Crippen LogP contribution in [0.2, 0.25) is 5.28 Å². The maximum atomic E-state index is 10.2. The highest BCUT2D eigenvalue weighted by Gasteiger charge is 2.19. The molecule has 26 heavy (non-hydrogen) atoms. The monoisotopic (exact) mass is 381 g/mol. The van der Waals surface area contributed by atoms with Gasteiger partial charge >= 0.3 is 0 Å². The van der Waals surface area contributed by atoms with Gasteiger partial charge in [-0.3, -0.25) is 0 Å². The van der Waals surface area contributed by atoms with Crippen molar-refractivity contribution in [3.63, 3.8) is 0 Å². The molecule has 0 aliphatic heterocycles. The SMILES string of the molecule is Cc1ccc(O)c(Nc2nc(Cl)nc3sc(C)c(-c4ccccc4)c23)c1. The van der Waals surface area contributed by atoms with Crippen molar-refractivity contribution in [1.82, 2.24) is 9.97 Å². The lowest BCUT2D eigenvalue weighted by Gasteiger charge is -2.11. The molecule has 0 atom stereocenters. The van der Waals surface area contributed by atoms with Crippen molar-refractivity contribution >= 4 is 44.7 Å². The molecule has 0 amide bonds. The summed E-state index contributed by atoms with van der Waals surface area (Å²) in [6.45, 7) is 4.04. The highest BCUT2D eigenvalue weighted by atomic mass is 35.5. The predicted octanol–water partition coefficient (Wildman–Crippen LogP) is 6.08. The third-order valence-electron chi connectivity index (χ3n) is 4.17. The molecule has 2 aromatic heterocycles. The molecule has 4 aromatic rings. The van der Waals surface area contributed by atoms with E-state index in [9.17, 15) is 5.11 Å². The van der Waals surface area contributed by atoms with Crippen molar-refractivity contribution in [2.24, 2.45) is 0 Å². The Bertz CT molecular complexity index is 1110. The average molecular weight is 382 g/mol. The zero-order chi connectivity index (χ0) is 18.3. The van der Waals surface area contributed by atoms with E-state index in [0.717, 1.165) is 31.8 Å².